The number of amides is 1. The molecule has 1 aromatic carbocycles. The summed E-state index contributed by atoms with van der Waals surface area (Å²) < 4.78 is 1.87. The number of hydrogen-bond donors (Lipinski definition) is 2. The summed E-state index contributed by atoms with van der Waals surface area (Å²) in [6.07, 6.45) is 2.27. The smallest absolute Gasteiger partial charge is 0.241 e. The number of rotatable bonds is 5. The predicted octanol–water partition coefficient (Wildman–Crippen LogP) is 1.22. The van der Waals surface area contributed by atoms with Crippen LogP contribution in [-0.4, -0.2) is 39.2 Å². The van der Waals surface area contributed by atoms with Gasteiger partial charge in [-0.05, 0) is 61.5 Å². The first-order valence-corrected chi connectivity index (χ1v) is 7.05. The molecule has 1 saturated carbocycles. The van der Waals surface area contributed by atoms with E-state index < -0.39 is 0 Å². The van der Waals surface area contributed by atoms with Gasteiger partial charge < -0.3 is 10.6 Å². The van der Waals surface area contributed by atoms with Crippen LogP contribution in [-0.2, 0) is 4.79 Å². The van der Waals surface area contributed by atoms with E-state index in [0.717, 1.165) is 29.9 Å². The van der Waals surface area contributed by atoms with E-state index in [1.807, 2.05) is 35.9 Å². The number of nitrogens with zero attached hydrogens (tertiary/aromatic N) is 4. The molecular weight excluding hydrogens is 268 g/mol. The number of nitrogens with one attached hydrogen (secondary N) is 2. The maximum Gasteiger partial charge on any atom is 0.241 e. The van der Waals surface area contributed by atoms with E-state index in [1.54, 1.807) is 7.05 Å². The van der Waals surface area contributed by atoms with E-state index in [-0.39, 0.29) is 11.9 Å². The van der Waals surface area contributed by atoms with Crippen LogP contribution in [0, 0.1) is 0 Å². The van der Waals surface area contributed by atoms with E-state index in [9.17, 15) is 4.79 Å². The van der Waals surface area contributed by atoms with Crippen LogP contribution in [0.4, 0.5) is 5.69 Å². The molecule has 21 heavy (non-hydrogen) atoms. The van der Waals surface area contributed by atoms with E-state index >= 15 is 0 Å². The number of carbonyl (C=O) groups is 1. The van der Waals surface area contributed by atoms with Gasteiger partial charge in [-0.15, -0.1) is 5.10 Å². The van der Waals surface area contributed by atoms with Crippen LogP contribution in [0.3, 0.4) is 0 Å². The quantitative estimate of drug-likeness (QED) is 0.863. The zero-order valence-corrected chi connectivity index (χ0v) is 12.1. The largest absolute Gasteiger partial charge is 0.325 e. The summed E-state index contributed by atoms with van der Waals surface area (Å²) in [5.74, 6) is 0.715. The molecule has 7 nitrogen and oxygen atoms in total. The molecule has 0 radical (unpaired) electrons. The molecule has 1 aliphatic carbocycles. The van der Waals surface area contributed by atoms with Gasteiger partial charge in [-0.25, -0.2) is 4.68 Å². The predicted molar refractivity (Wildman–Crippen MR) is 78.7 cm³/mol. The van der Waals surface area contributed by atoms with Crippen LogP contribution >= 0.6 is 0 Å². The van der Waals surface area contributed by atoms with Crippen molar-refractivity contribution in [2.45, 2.75) is 31.8 Å². The molecule has 7 heteroatoms. The highest BCUT2D eigenvalue weighted by Gasteiger charge is 2.28. The molecule has 0 saturated heterocycles. The van der Waals surface area contributed by atoms with Crippen LogP contribution < -0.4 is 10.6 Å². The number of likely N-dealkylation sites (N-methyl/N-ethyl adjacent to an activating group) is 1. The van der Waals surface area contributed by atoms with Gasteiger partial charge in [0.15, 0.2) is 5.82 Å². The van der Waals surface area contributed by atoms with Gasteiger partial charge in [0.25, 0.3) is 0 Å². The minimum absolute atomic E-state index is 0.0620. The number of benzene rings is 1. The average Bonchev–Trinajstić information content (AvgIpc) is 3.24. The topological polar surface area (TPSA) is 84.7 Å². The van der Waals surface area contributed by atoms with E-state index in [1.165, 1.54) is 0 Å². The molecule has 3 rings (SSSR count). The molecule has 0 aliphatic heterocycles. The van der Waals surface area contributed by atoms with Gasteiger partial charge in [0, 0.05) is 11.3 Å². The Morgan fingerprint density at radius 2 is 2.05 bits per heavy atom. The van der Waals surface area contributed by atoms with Crippen molar-refractivity contribution in [2.75, 3.05) is 12.4 Å². The molecule has 1 unspecified atom stereocenters. The Morgan fingerprint density at radius 1 is 1.33 bits per heavy atom. The normalized spacial score (nSPS) is 15.7. The van der Waals surface area contributed by atoms with Gasteiger partial charge in [0.1, 0.15) is 0 Å². The fraction of sp³-hybridized carbons (Fsp3) is 0.429. The lowest BCUT2D eigenvalue weighted by Crippen LogP contribution is -2.35. The monoisotopic (exact) mass is 286 g/mol. The van der Waals surface area contributed by atoms with Crippen LogP contribution in [0.5, 0.6) is 0 Å². The highest BCUT2D eigenvalue weighted by molar-refractivity contribution is 5.94. The molecule has 0 spiro atoms. The first-order valence-electron chi connectivity index (χ1n) is 7.05. The molecule has 2 N–H and O–H groups in total. The van der Waals surface area contributed by atoms with Gasteiger partial charge in [-0.2, -0.15) is 0 Å². The fourth-order valence-electron chi connectivity index (χ4n) is 2.03. The lowest BCUT2D eigenvalue weighted by atomic mass is 10.2. The number of tetrazole rings is 1. The first-order chi connectivity index (χ1) is 10.2. The Balaban J connectivity index is 1.75. The molecular formula is C14H18N6O. The molecule has 1 amide bonds. The second-order valence-corrected chi connectivity index (χ2v) is 5.26. The van der Waals surface area contributed by atoms with Crippen molar-refractivity contribution in [3.63, 3.8) is 0 Å². The summed E-state index contributed by atoms with van der Waals surface area (Å²) in [7, 11) is 1.76. The van der Waals surface area contributed by atoms with Crippen LogP contribution in [0.1, 0.15) is 25.8 Å². The van der Waals surface area contributed by atoms with Crippen LogP contribution in [0.2, 0.25) is 0 Å². The summed E-state index contributed by atoms with van der Waals surface area (Å²) >= 11 is 0. The lowest BCUT2D eigenvalue weighted by Gasteiger charge is -2.11. The van der Waals surface area contributed by atoms with E-state index in [4.69, 9.17) is 0 Å². The standard InChI is InChI=1S/C14H18N6O/c1-9(15-2)14(21)16-11-5-3-10(4-6-11)13-17-18-19-20(13)12-7-8-12/h3-6,9,12,15H,7-8H2,1-2H3,(H,16,21). The first kappa shape index (κ1) is 13.7. The van der Waals surface area contributed by atoms with Crippen LogP contribution in [0.15, 0.2) is 24.3 Å². The highest BCUT2D eigenvalue weighted by Crippen LogP contribution is 2.36. The van der Waals surface area contributed by atoms with E-state index in [0.29, 0.717) is 6.04 Å². The minimum atomic E-state index is -0.230. The summed E-state index contributed by atoms with van der Waals surface area (Å²) in [4.78, 5) is 11.8. The van der Waals surface area contributed by atoms with Crippen LogP contribution in [0.25, 0.3) is 11.4 Å². The van der Waals surface area contributed by atoms with Crippen molar-refractivity contribution in [1.82, 2.24) is 25.5 Å². The van der Waals surface area contributed by atoms with Gasteiger partial charge in [0.05, 0.1) is 12.1 Å². The molecule has 1 heterocycles. The number of hydrogen-bond acceptors (Lipinski definition) is 5. The second-order valence-electron chi connectivity index (χ2n) is 5.26. The summed E-state index contributed by atoms with van der Waals surface area (Å²) in [6.45, 7) is 1.81. The molecule has 1 fully saturated rings. The summed E-state index contributed by atoms with van der Waals surface area (Å²) in [6, 6.07) is 7.77. The SMILES string of the molecule is CNC(C)C(=O)Nc1ccc(-c2nnnn2C2CC2)cc1. The lowest BCUT2D eigenvalue weighted by molar-refractivity contribution is -0.117. The van der Waals surface area contributed by atoms with Crippen molar-refractivity contribution < 1.29 is 4.79 Å². The summed E-state index contributed by atoms with van der Waals surface area (Å²) in [5.41, 5.74) is 1.71. The fourth-order valence-corrected chi connectivity index (χ4v) is 2.03. The number of anilines is 1. The van der Waals surface area contributed by atoms with Crippen molar-refractivity contribution in [2.24, 2.45) is 0 Å². The maximum atomic E-state index is 11.8. The zero-order valence-electron chi connectivity index (χ0n) is 12.1. The maximum absolute atomic E-state index is 11.8. The van der Waals surface area contributed by atoms with Crippen molar-refractivity contribution >= 4 is 11.6 Å². The second kappa shape index (κ2) is 5.61. The Bertz CT molecular complexity index is 631. The summed E-state index contributed by atoms with van der Waals surface area (Å²) in [5, 5.41) is 17.6. The number of aromatic nitrogens is 4. The Kier molecular flexibility index (Phi) is 3.66. The third-order valence-corrected chi connectivity index (χ3v) is 3.62. The number of carbonyl (C=O) groups excluding carboxylic acids is 1. The van der Waals surface area contributed by atoms with Crippen molar-refractivity contribution in [1.29, 1.82) is 0 Å². The Labute approximate surface area is 122 Å². The van der Waals surface area contributed by atoms with Gasteiger partial charge >= 0.3 is 0 Å². The average molecular weight is 286 g/mol. The Morgan fingerprint density at radius 3 is 2.67 bits per heavy atom. The van der Waals surface area contributed by atoms with Gasteiger partial charge in [-0.3, -0.25) is 4.79 Å². The molecule has 1 atom stereocenters. The van der Waals surface area contributed by atoms with Gasteiger partial charge in [-0.1, -0.05) is 0 Å². The van der Waals surface area contributed by atoms with Crippen molar-refractivity contribution in [3.8, 4) is 11.4 Å². The molecule has 1 aliphatic rings. The van der Waals surface area contributed by atoms with E-state index in [2.05, 4.69) is 26.2 Å². The van der Waals surface area contributed by atoms with Crippen molar-refractivity contribution in [3.05, 3.63) is 24.3 Å². The van der Waals surface area contributed by atoms with Gasteiger partial charge in [0.2, 0.25) is 5.91 Å². The third kappa shape index (κ3) is 2.92. The molecule has 2 aromatic rings. The molecule has 0 bridgehead atoms. The zero-order chi connectivity index (χ0) is 14.8. The third-order valence-electron chi connectivity index (χ3n) is 3.62. The highest BCUT2D eigenvalue weighted by atomic mass is 16.2. The Hall–Kier alpha value is -2.28. The minimum Gasteiger partial charge on any atom is -0.325 e. The molecule has 110 valence electrons. The molecule has 1 aromatic heterocycles.